The fraction of sp³-hybridized carbons (Fsp3) is 0.188. The highest BCUT2D eigenvalue weighted by Gasteiger charge is 2.10. The number of hydrogen-bond acceptors (Lipinski definition) is 3. The summed E-state index contributed by atoms with van der Waals surface area (Å²) in [4.78, 5) is 14.3. The summed E-state index contributed by atoms with van der Waals surface area (Å²) in [6.45, 7) is 0.426. The molecule has 0 atom stereocenters. The second kappa shape index (κ2) is 6.21. The second-order valence-electron chi connectivity index (χ2n) is 4.77. The molecular weight excluding hydrogens is 250 g/mol. The van der Waals surface area contributed by atoms with E-state index in [1.54, 1.807) is 6.07 Å². The molecule has 0 aliphatic carbocycles. The minimum atomic E-state index is -0.130. The second-order valence-corrected chi connectivity index (χ2v) is 4.77. The van der Waals surface area contributed by atoms with Crippen LogP contribution in [0.1, 0.15) is 15.9 Å². The topological polar surface area (TPSA) is 58.4 Å². The minimum absolute atomic E-state index is 0.130. The highest BCUT2D eigenvalue weighted by atomic mass is 16.1. The third-order valence-electron chi connectivity index (χ3n) is 3.06. The molecule has 0 aliphatic heterocycles. The van der Waals surface area contributed by atoms with E-state index >= 15 is 0 Å². The van der Waals surface area contributed by atoms with E-state index in [2.05, 4.69) is 5.32 Å². The SMILES string of the molecule is CN(C)c1ccccc1NC(=O)c1cccc(CN)c1. The summed E-state index contributed by atoms with van der Waals surface area (Å²) in [6.07, 6.45) is 0. The van der Waals surface area contributed by atoms with Crippen molar-refractivity contribution in [3.63, 3.8) is 0 Å². The average molecular weight is 269 g/mol. The predicted octanol–water partition coefficient (Wildman–Crippen LogP) is 2.46. The molecule has 104 valence electrons. The maximum absolute atomic E-state index is 12.3. The Morgan fingerprint density at radius 3 is 2.60 bits per heavy atom. The van der Waals surface area contributed by atoms with E-state index < -0.39 is 0 Å². The molecule has 20 heavy (non-hydrogen) atoms. The average Bonchev–Trinajstić information content (AvgIpc) is 2.47. The van der Waals surface area contributed by atoms with Crippen LogP contribution in [-0.4, -0.2) is 20.0 Å². The van der Waals surface area contributed by atoms with Crippen LogP contribution in [0.25, 0.3) is 0 Å². The van der Waals surface area contributed by atoms with Gasteiger partial charge in [0.2, 0.25) is 0 Å². The smallest absolute Gasteiger partial charge is 0.255 e. The first-order valence-corrected chi connectivity index (χ1v) is 6.48. The van der Waals surface area contributed by atoms with Crippen molar-refractivity contribution in [2.24, 2.45) is 5.73 Å². The molecule has 1 amide bonds. The van der Waals surface area contributed by atoms with Gasteiger partial charge in [-0.2, -0.15) is 0 Å². The van der Waals surface area contributed by atoms with Crippen molar-refractivity contribution < 1.29 is 4.79 Å². The van der Waals surface area contributed by atoms with Crippen LogP contribution in [0.5, 0.6) is 0 Å². The van der Waals surface area contributed by atoms with E-state index in [-0.39, 0.29) is 5.91 Å². The standard InChI is InChI=1S/C16H19N3O/c1-19(2)15-9-4-3-8-14(15)18-16(20)13-7-5-6-12(10-13)11-17/h3-10H,11,17H2,1-2H3,(H,18,20). The van der Waals surface area contributed by atoms with Gasteiger partial charge in [-0.05, 0) is 29.8 Å². The van der Waals surface area contributed by atoms with E-state index in [1.165, 1.54) is 0 Å². The zero-order valence-corrected chi connectivity index (χ0v) is 11.8. The Morgan fingerprint density at radius 2 is 1.90 bits per heavy atom. The number of nitrogens with zero attached hydrogens (tertiary/aromatic N) is 1. The van der Waals surface area contributed by atoms with Gasteiger partial charge in [0.1, 0.15) is 0 Å². The monoisotopic (exact) mass is 269 g/mol. The maximum Gasteiger partial charge on any atom is 0.255 e. The molecular formula is C16H19N3O. The van der Waals surface area contributed by atoms with Crippen LogP contribution in [0.2, 0.25) is 0 Å². The zero-order chi connectivity index (χ0) is 14.5. The largest absolute Gasteiger partial charge is 0.376 e. The summed E-state index contributed by atoms with van der Waals surface area (Å²) in [5.41, 5.74) is 8.91. The summed E-state index contributed by atoms with van der Waals surface area (Å²) in [5.74, 6) is -0.130. The number of nitrogens with two attached hydrogens (primary N) is 1. The molecule has 0 aliphatic rings. The van der Waals surface area contributed by atoms with Crippen molar-refractivity contribution >= 4 is 17.3 Å². The van der Waals surface area contributed by atoms with Gasteiger partial charge in [0.05, 0.1) is 11.4 Å². The number of amides is 1. The van der Waals surface area contributed by atoms with Gasteiger partial charge in [-0.3, -0.25) is 4.79 Å². The molecule has 0 saturated carbocycles. The van der Waals surface area contributed by atoms with Gasteiger partial charge >= 0.3 is 0 Å². The van der Waals surface area contributed by atoms with Gasteiger partial charge in [-0.15, -0.1) is 0 Å². The third-order valence-corrected chi connectivity index (χ3v) is 3.06. The molecule has 0 fully saturated rings. The van der Waals surface area contributed by atoms with Gasteiger partial charge in [-0.1, -0.05) is 24.3 Å². The molecule has 2 aromatic rings. The van der Waals surface area contributed by atoms with Crippen LogP contribution in [0.3, 0.4) is 0 Å². The molecule has 0 unspecified atom stereocenters. The lowest BCUT2D eigenvalue weighted by Gasteiger charge is -2.17. The molecule has 2 aromatic carbocycles. The Kier molecular flexibility index (Phi) is 4.38. The molecule has 0 radical (unpaired) electrons. The number of para-hydroxylation sites is 2. The minimum Gasteiger partial charge on any atom is -0.376 e. The van der Waals surface area contributed by atoms with Crippen LogP contribution >= 0.6 is 0 Å². The Hall–Kier alpha value is -2.33. The maximum atomic E-state index is 12.3. The molecule has 3 N–H and O–H groups in total. The van der Waals surface area contributed by atoms with Crippen molar-refractivity contribution in [2.75, 3.05) is 24.3 Å². The Morgan fingerprint density at radius 1 is 1.15 bits per heavy atom. The lowest BCUT2D eigenvalue weighted by atomic mass is 10.1. The number of nitrogens with one attached hydrogen (secondary N) is 1. The van der Waals surface area contributed by atoms with Crippen molar-refractivity contribution in [2.45, 2.75) is 6.54 Å². The summed E-state index contributed by atoms with van der Waals surface area (Å²) >= 11 is 0. The number of benzene rings is 2. The molecule has 4 heteroatoms. The first-order chi connectivity index (χ1) is 9.61. The van der Waals surface area contributed by atoms with Gasteiger partial charge < -0.3 is 16.0 Å². The number of rotatable bonds is 4. The number of carbonyl (C=O) groups is 1. The molecule has 2 rings (SSSR count). The summed E-state index contributed by atoms with van der Waals surface area (Å²) in [7, 11) is 3.89. The Bertz CT molecular complexity index is 608. The summed E-state index contributed by atoms with van der Waals surface area (Å²) in [6, 6.07) is 15.0. The first kappa shape index (κ1) is 14.1. The summed E-state index contributed by atoms with van der Waals surface area (Å²) in [5, 5.41) is 2.94. The third kappa shape index (κ3) is 3.16. The molecule has 0 heterocycles. The van der Waals surface area contributed by atoms with Crippen molar-refractivity contribution in [3.8, 4) is 0 Å². The number of anilines is 2. The van der Waals surface area contributed by atoms with E-state index in [9.17, 15) is 4.79 Å². The highest BCUT2D eigenvalue weighted by Crippen LogP contribution is 2.24. The normalized spacial score (nSPS) is 10.2. The van der Waals surface area contributed by atoms with Crippen molar-refractivity contribution in [3.05, 3.63) is 59.7 Å². The molecule has 0 aromatic heterocycles. The fourth-order valence-electron chi connectivity index (χ4n) is 2.00. The molecule has 0 saturated heterocycles. The lowest BCUT2D eigenvalue weighted by molar-refractivity contribution is 0.102. The van der Waals surface area contributed by atoms with Crippen LogP contribution in [0, 0.1) is 0 Å². The van der Waals surface area contributed by atoms with Gasteiger partial charge in [0.15, 0.2) is 0 Å². The van der Waals surface area contributed by atoms with Crippen LogP contribution < -0.4 is 16.0 Å². The zero-order valence-electron chi connectivity index (χ0n) is 11.8. The van der Waals surface area contributed by atoms with Crippen LogP contribution in [0.4, 0.5) is 11.4 Å². The fourth-order valence-corrected chi connectivity index (χ4v) is 2.00. The highest BCUT2D eigenvalue weighted by molar-refractivity contribution is 6.06. The van der Waals surface area contributed by atoms with E-state index in [0.29, 0.717) is 12.1 Å². The lowest BCUT2D eigenvalue weighted by Crippen LogP contribution is -2.16. The van der Waals surface area contributed by atoms with Gasteiger partial charge in [0.25, 0.3) is 5.91 Å². The number of hydrogen-bond donors (Lipinski definition) is 2. The molecule has 0 bridgehead atoms. The molecule has 4 nitrogen and oxygen atoms in total. The van der Waals surface area contributed by atoms with E-state index in [1.807, 2.05) is 61.5 Å². The van der Waals surface area contributed by atoms with Crippen LogP contribution in [-0.2, 0) is 6.54 Å². The van der Waals surface area contributed by atoms with Crippen LogP contribution in [0.15, 0.2) is 48.5 Å². The first-order valence-electron chi connectivity index (χ1n) is 6.48. The van der Waals surface area contributed by atoms with Crippen molar-refractivity contribution in [1.82, 2.24) is 0 Å². The Balaban J connectivity index is 2.23. The van der Waals surface area contributed by atoms with E-state index in [0.717, 1.165) is 16.9 Å². The van der Waals surface area contributed by atoms with Gasteiger partial charge in [-0.25, -0.2) is 0 Å². The van der Waals surface area contributed by atoms with E-state index in [4.69, 9.17) is 5.73 Å². The summed E-state index contributed by atoms with van der Waals surface area (Å²) < 4.78 is 0. The predicted molar refractivity (Wildman–Crippen MR) is 83.1 cm³/mol. The Labute approximate surface area is 119 Å². The molecule has 0 spiro atoms. The van der Waals surface area contributed by atoms with Gasteiger partial charge in [0, 0.05) is 26.2 Å². The van der Waals surface area contributed by atoms with Crippen molar-refractivity contribution in [1.29, 1.82) is 0 Å². The number of carbonyl (C=O) groups excluding carboxylic acids is 1. The quantitative estimate of drug-likeness (QED) is 0.896.